The molecular weight excluding hydrogens is 170 g/mol. The zero-order valence-electron chi connectivity index (χ0n) is 7.38. The largest absolute Gasteiger partial charge is 0.480 e. The third-order valence-electron chi connectivity index (χ3n) is 2.96. The van der Waals surface area contributed by atoms with E-state index in [0.717, 1.165) is 19.3 Å². The smallest absolute Gasteiger partial charge is 0.319 e. The van der Waals surface area contributed by atoms with Gasteiger partial charge in [-0.3, -0.25) is 9.59 Å². The highest BCUT2D eigenvalue weighted by molar-refractivity contribution is 6.03. The number of nitrogens with one attached hydrogen (secondary N) is 1. The van der Waals surface area contributed by atoms with Crippen LogP contribution in [0.4, 0.5) is 0 Å². The van der Waals surface area contributed by atoms with Crippen LogP contribution in [0.25, 0.3) is 0 Å². The minimum absolute atomic E-state index is 0.254. The van der Waals surface area contributed by atoms with Crippen molar-refractivity contribution < 1.29 is 14.7 Å². The molecule has 2 aliphatic rings. The number of aliphatic carboxylic acids is 1. The summed E-state index contributed by atoms with van der Waals surface area (Å²) in [7, 11) is 0. The summed E-state index contributed by atoms with van der Waals surface area (Å²) in [5.74, 6) is -1.23. The quantitative estimate of drug-likeness (QED) is 0.627. The maximum atomic E-state index is 11.5. The van der Waals surface area contributed by atoms with Gasteiger partial charge in [0.1, 0.15) is 5.41 Å². The lowest BCUT2D eigenvalue weighted by Crippen LogP contribution is -2.51. The van der Waals surface area contributed by atoms with Crippen LogP contribution in [0.3, 0.4) is 0 Å². The summed E-state index contributed by atoms with van der Waals surface area (Å²) in [5, 5.41) is 11.7. The number of carboxylic acids is 1. The first-order chi connectivity index (χ1) is 6.15. The van der Waals surface area contributed by atoms with Crippen molar-refractivity contribution >= 4 is 11.9 Å². The zero-order valence-corrected chi connectivity index (χ0v) is 7.38. The lowest BCUT2D eigenvalue weighted by Gasteiger charge is -2.35. The molecule has 0 aromatic rings. The first kappa shape index (κ1) is 8.53. The van der Waals surface area contributed by atoms with Crippen LogP contribution in [-0.2, 0) is 9.59 Å². The van der Waals surface area contributed by atoms with Crippen LogP contribution in [-0.4, -0.2) is 23.0 Å². The van der Waals surface area contributed by atoms with E-state index >= 15 is 0 Å². The molecule has 2 saturated carbocycles. The molecule has 0 bridgehead atoms. The summed E-state index contributed by atoms with van der Waals surface area (Å²) >= 11 is 0. The van der Waals surface area contributed by atoms with Crippen LogP contribution >= 0.6 is 0 Å². The van der Waals surface area contributed by atoms with Crippen molar-refractivity contribution in [3.05, 3.63) is 0 Å². The highest BCUT2D eigenvalue weighted by atomic mass is 16.4. The molecule has 4 nitrogen and oxygen atoms in total. The third-order valence-corrected chi connectivity index (χ3v) is 2.96. The predicted molar refractivity (Wildman–Crippen MR) is 45.1 cm³/mol. The van der Waals surface area contributed by atoms with Crippen molar-refractivity contribution in [1.29, 1.82) is 0 Å². The van der Waals surface area contributed by atoms with Gasteiger partial charge in [-0.25, -0.2) is 0 Å². The summed E-state index contributed by atoms with van der Waals surface area (Å²) < 4.78 is 0. The van der Waals surface area contributed by atoms with E-state index in [4.69, 9.17) is 5.11 Å². The van der Waals surface area contributed by atoms with Crippen LogP contribution in [0.2, 0.25) is 0 Å². The molecule has 4 heteroatoms. The second kappa shape index (κ2) is 2.72. The first-order valence-electron chi connectivity index (χ1n) is 4.69. The van der Waals surface area contributed by atoms with E-state index in [2.05, 4.69) is 5.32 Å². The number of amides is 1. The van der Waals surface area contributed by atoms with E-state index in [1.807, 2.05) is 0 Å². The standard InChI is InChI=1S/C9H13NO3/c11-7(10-6-2-3-6)9(8(12)13)4-1-5-9/h6H,1-5H2,(H,10,11)(H,12,13). The molecule has 0 unspecified atom stereocenters. The molecule has 0 aliphatic heterocycles. The SMILES string of the molecule is O=C(O)C1(C(=O)NC2CC2)CCC1. The van der Waals surface area contributed by atoms with Crippen LogP contribution in [0, 0.1) is 5.41 Å². The predicted octanol–water partition coefficient (Wildman–Crippen LogP) is 0.520. The summed E-state index contributed by atoms with van der Waals surface area (Å²) in [6, 6.07) is 0.254. The fourth-order valence-electron chi connectivity index (χ4n) is 1.62. The minimum atomic E-state index is -1.08. The molecule has 0 saturated heterocycles. The van der Waals surface area contributed by atoms with Crippen LogP contribution in [0.1, 0.15) is 32.1 Å². The summed E-state index contributed by atoms with van der Waals surface area (Å²) in [6.45, 7) is 0. The third kappa shape index (κ3) is 1.30. The van der Waals surface area contributed by atoms with Gasteiger partial charge in [0.15, 0.2) is 0 Å². The number of carbonyl (C=O) groups is 2. The Balaban J connectivity index is 2.01. The number of rotatable bonds is 3. The monoisotopic (exact) mass is 183 g/mol. The molecular formula is C9H13NO3. The molecule has 2 fully saturated rings. The van der Waals surface area contributed by atoms with Gasteiger partial charge in [0.2, 0.25) is 5.91 Å². The van der Waals surface area contributed by atoms with Gasteiger partial charge in [0, 0.05) is 6.04 Å². The van der Waals surface area contributed by atoms with E-state index < -0.39 is 11.4 Å². The van der Waals surface area contributed by atoms with E-state index in [0.29, 0.717) is 12.8 Å². The zero-order chi connectivity index (χ0) is 9.47. The normalized spacial score (nSPS) is 24.6. The molecule has 1 amide bonds. The van der Waals surface area contributed by atoms with Gasteiger partial charge in [-0.2, -0.15) is 0 Å². The molecule has 0 heterocycles. The number of hydrogen-bond acceptors (Lipinski definition) is 2. The van der Waals surface area contributed by atoms with E-state index in [9.17, 15) is 9.59 Å². The van der Waals surface area contributed by atoms with Gasteiger partial charge in [-0.15, -0.1) is 0 Å². The number of carbonyl (C=O) groups excluding carboxylic acids is 1. The maximum absolute atomic E-state index is 11.5. The molecule has 72 valence electrons. The fraction of sp³-hybridized carbons (Fsp3) is 0.778. The van der Waals surface area contributed by atoms with Gasteiger partial charge in [0.25, 0.3) is 0 Å². The van der Waals surface area contributed by atoms with E-state index in [1.165, 1.54) is 0 Å². The van der Waals surface area contributed by atoms with Crippen LogP contribution < -0.4 is 5.32 Å². The first-order valence-corrected chi connectivity index (χ1v) is 4.69. The molecule has 13 heavy (non-hydrogen) atoms. The molecule has 0 radical (unpaired) electrons. The lowest BCUT2D eigenvalue weighted by molar-refractivity contribution is -0.162. The van der Waals surface area contributed by atoms with Crippen molar-refractivity contribution in [2.24, 2.45) is 5.41 Å². The molecule has 2 rings (SSSR count). The summed E-state index contributed by atoms with van der Waals surface area (Å²) in [4.78, 5) is 22.4. The lowest BCUT2D eigenvalue weighted by atomic mass is 9.68. The van der Waals surface area contributed by atoms with Gasteiger partial charge in [0.05, 0.1) is 0 Å². The van der Waals surface area contributed by atoms with Crippen molar-refractivity contribution in [2.45, 2.75) is 38.1 Å². The Labute approximate surface area is 76.3 Å². The van der Waals surface area contributed by atoms with Crippen molar-refractivity contribution in [2.75, 3.05) is 0 Å². The topological polar surface area (TPSA) is 66.4 Å². The van der Waals surface area contributed by atoms with Crippen molar-refractivity contribution in [3.8, 4) is 0 Å². The molecule has 0 aromatic heterocycles. The van der Waals surface area contributed by atoms with Crippen LogP contribution in [0.5, 0.6) is 0 Å². The fourth-order valence-corrected chi connectivity index (χ4v) is 1.62. The maximum Gasteiger partial charge on any atom is 0.319 e. The van der Waals surface area contributed by atoms with Gasteiger partial charge in [-0.05, 0) is 25.7 Å². The highest BCUT2D eigenvalue weighted by Gasteiger charge is 2.52. The van der Waals surface area contributed by atoms with Crippen molar-refractivity contribution in [3.63, 3.8) is 0 Å². The van der Waals surface area contributed by atoms with Gasteiger partial charge >= 0.3 is 5.97 Å². The highest BCUT2D eigenvalue weighted by Crippen LogP contribution is 2.42. The molecule has 2 aliphatic carbocycles. The van der Waals surface area contributed by atoms with Crippen molar-refractivity contribution in [1.82, 2.24) is 5.32 Å². The number of hydrogen-bond donors (Lipinski definition) is 2. The molecule has 0 spiro atoms. The Kier molecular flexibility index (Phi) is 1.78. The Morgan fingerprint density at radius 1 is 1.31 bits per heavy atom. The second-order valence-corrected chi connectivity index (χ2v) is 3.99. The second-order valence-electron chi connectivity index (χ2n) is 3.99. The Morgan fingerprint density at radius 3 is 2.23 bits per heavy atom. The van der Waals surface area contributed by atoms with E-state index in [-0.39, 0.29) is 11.9 Å². The molecule has 0 atom stereocenters. The summed E-state index contributed by atoms with van der Waals surface area (Å²) in [6.07, 6.45) is 3.86. The average molecular weight is 183 g/mol. The van der Waals surface area contributed by atoms with Gasteiger partial charge in [-0.1, -0.05) is 6.42 Å². The Morgan fingerprint density at radius 2 is 1.92 bits per heavy atom. The Hall–Kier alpha value is -1.06. The average Bonchev–Trinajstić information content (AvgIpc) is 2.66. The van der Waals surface area contributed by atoms with E-state index in [1.54, 1.807) is 0 Å². The minimum Gasteiger partial charge on any atom is -0.480 e. The molecule has 2 N–H and O–H groups in total. The number of carboxylic acid groups (broad SMARTS) is 1. The summed E-state index contributed by atoms with van der Waals surface area (Å²) in [5.41, 5.74) is -1.08. The van der Waals surface area contributed by atoms with Gasteiger partial charge < -0.3 is 10.4 Å². The molecule has 0 aromatic carbocycles. The Bertz CT molecular complexity index is 254. The van der Waals surface area contributed by atoms with Crippen LogP contribution in [0.15, 0.2) is 0 Å².